The lowest BCUT2D eigenvalue weighted by atomic mass is 10.0. The monoisotopic (exact) mass is 705 g/mol. The number of nitrogens with two attached hydrogens (primary N) is 1. The molecule has 11 nitrogen and oxygen atoms in total. The van der Waals surface area contributed by atoms with Gasteiger partial charge in [-0.15, -0.1) is 0 Å². The molecule has 3 fully saturated rings. The normalized spacial score (nSPS) is 20.7. The molecule has 0 saturated carbocycles. The fourth-order valence-corrected chi connectivity index (χ4v) is 7.64. The van der Waals surface area contributed by atoms with Crippen LogP contribution >= 0.6 is 11.6 Å². The first-order chi connectivity index (χ1) is 23.5. The minimum absolute atomic E-state index is 0.0814. The van der Waals surface area contributed by atoms with Gasteiger partial charge in [-0.25, -0.2) is 9.59 Å². The van der Waals surface area contributed by atoms with Gasteiger partial charge < -0.3 is 35.8 Å². The van der Waals surface area contributed by atoms with Gasteiger partial charge in [-0.1, -0.05) is 29.8 Å². The number of hydrogen-bond acceptors (Lipinski definition) is 7. The first-order valence-electron chi connectivity index (χ1n) is 17.0. The smallest absolute Gasteiger partial charge is 0.418 e. The van der Waals surface area contributed by atoms with E-state index in [9.17, 15) is 27.6 Å². The van der Waals surface area contributed by atoms with Crippen LogP contribution < -0.4 is 16.4 Å². The number of anilines is 2. The van der Waals surface area contributed by atoms with Gasteiger partial charge in [0.15, 0.2) is 6.10 Å². The quantitative estimate of drug-likeness (QED) is 0.380. The third-order valence-corrected chi connectivity index (χ3v) is 10.5. The number of piperazine rings is 1. The average molecular weight is 706 g/mol. The predicted molar refractivity (Wildman–Crippen MR) is 179 cm³/mol. The molecule has 4 heterocycles. The van der Waals surface area contributed by atoms with Crippen molar-refractivity contribution in [2.75, 3.05) is 70.0 Å². The van der Waals surface area contributed by atoms with E-state index < -0.39 is 35.5 Å². The number of urea groups is 1. The zero-order valence-corrected chi connectivity index (χ0v) is 28.1. The molecule has 0 bridgehead atoms. The van der Waals surface area contributed by atoms with E-state index in [1.807, 2.05) is 29.2 Å². The summed E-state index contributed by atoms with van der Waals surface area (Å²) in [6.45, 7) is 5.18. The van der Waals surface area contributed by atoms with E-state index in [1.165, 1.54) is 11.0 Å². The number of nitrogen functional groups attached to an aromatic ring is 1. The second-order valence-electron chi connectivity index (χ2n) is 13.2. The molecule has 4 aliphatic rings. The molecular formula is C34H43ClF3N7O4. The SMILES string of the molecule is Nc1c(Cl)cc(CC(OC(=O)N2CCC(N3CCc4ccccc4NC3=O)CC2)C(=O)N2CCN(C3CCNCC3)CC2)cc1C(F)(F)F. The van der Waals surface area contributed by atoms with Gasteiger partial charge in [0.25, 0.3) is 5.91 Å². The first kappa shape index (κ1) is 35.1. The van der Waals surface area contributed by atoms with Crippen LogP contribution in [-0.4, -0.2) is 115 Å². The maximum absolute atomic E-state index is 13.9. The number of fused-ring (bicyclic) bond motifs is 1. The molecule has 0 spiro atoms. The largest absolute Gasteiger partial charge is 0.436 e. The summed E-state index contributed by atoms with van der Waals surface area (Å²) in [7, 11) is 0. The van der Waals surface area contributed by atoms with Crippen molar-refractivity contribution in [3.8, 4) is 0 Å². The Morgan fingerprint density at radius 3 is 2.33 bits per heavy atom. The van der Waals surface area contributed by atoms with Crippen molar-refractivity contribution >= 4 is 41.0 Å². The summed E-state index contributed by atoms with van der Waals surface area (Å²) < 4.78 is 47.2. The number of carbonyl (C=O) groups excluding carboxylic acids is 3. The molecule has 4 aliphatic heterocycles. The van der Waals surface area contributed by atoms with Crippen LogP contribution in [0.1, 0.15) is 42.4 Å². The van der Waals surface area contributed by atoms with Crippen LogP contribution in [0.25, 0.3) is 0 Å². The molecule has 1 unspecified atom stereocenters. The van der Waals surface area contributed by atoms with Gasteiger partial charge in [0.1, 0.15) is 0 Å². The van der Waals surface area contributed by atoms with E-state index in [0.29, 0.717) is 71.1 Å². The van der Waals surface area contributed by atoms with Gasteiger partial charge in [0.2, 0.25) is 0 Å². The molecule has 15 heteroatoms. The van der Waals surface area contributed by atoms with E-state index in [-0.39, 0.29) is 29.1 Å². The highest BCUT2D eigenvalue weighted by Gasteiger charge is 2.38. The third kappa shape index (κ3) is 8.18. The van der Waals surface area contributed by atoms with Gasteiger partial charge in [-0.05, 0) is 74.5 Å². The number of hydrogen-bond donors (Lipinski definition) is 3. The zero-order chi connectivity index (χ0) is 34.7. The number of likely N-dealkylation sites (tertiary alicyclic amines) is 1. The molecule has 2 aromatic carbocycles. The molecule has 3 saturated heterocycles. The van der Waals surface area contributed by atoms with Crippen LogP contribution in [0.4, 0.5) is 34.1 Å². The summed E-state index contributed by atoms with van der Waals surface area (Å²) >= 11 is 6.10. The molecule has 49 heavy (non-hydrogen) atoms. The van der Waals surface area contributed by atoms with Crippen LogP contribution in [0.3, 0.4) is 0 Å². The lowest BCUT2D eigenvalue weighted by molar-refractivity contribution is -0.143. The highest BCUT2D eigenvalue weighted by Crippen LogP contribution is 2.38. The Balaban J connectivity index is 1.12. The van der Waals surface area contributed by atoms with Crippen LogP contribution in [0.5, 0.6) is 0 Å². The molecular weight excluding hydrogens is 663 g/mol. The first-order valence-corrected chi connectivity index (χ1v) is 17.4. The summed E-state index contributed by atoms with van der Waals surface area (Å²) in [5, 5.41) is 6.05. The summed E-state index contributed by atoms with van der Waals surface area (Å²) in [6.07, 6.45) is -3.37. The van der Waals surface area contributed by atoms with E-state index in [2.05, 4.69) is 15.5 Å². The number of ether oxygens (including phenoxy) is 1. The summed E-state index contributed by atoms with van der Waals surface area (Å²) in [5.74, 6) is -0.462. The molecule has 0 aromatic heterocycles. The molecule has 6 rings (SSSR count). The van der Waals surface area contributed by atoms with Crippen molar-refractivity contribution in [2.24, 2.45) is 0 Å². The van der Waals surface area contributed by atoms with E-state index in [0.717, 1.165) is 43.2 Å². The number of piperidine rings is 2. The predicted octanol–water partition coefficient (Wildman–Crippen LogP) is 4.44. The topological polar surface area (TPSA) is 123 Å². The number of nitrogens with zero attached hydrogens (tertiary/aromatic N) is 4. The van der Waals surface area contributed by atoms with Crippen molar-refractivity contribution in [3.05, 3.63) is 58.1 Å². The molecule has 2 aromatic rings. The molecule has 0 radical (unpaired) electrons. The second-order valence-corrected chi connectivity index (χ2v) is 13.6. The van der Waals surface area contributed by atoms with E-state index in [1.54, 1.807) is 4.90 Å². The van der Waals surface area contributed by atoms with Crippen molar-refractivity contribution in [3.63, 3.8) is 0 Å². The number of amides is 4. The highest BCUT2D eigenvalue weighted by atomic mass is 35.5. The Bertz CT molecular complexity index is 1520. The number of alkyl halides is 3. The second kappa shape index (κ2) is 15.0. The van der Waals surface area contributed by atoms with E-state index in [4.69, 9.17) is 22.1 Å². The Labute approximate surface area is 288 Å². The number of rotatable bonds is 6. The van der Waals surface area contributed by atoms with Gasteiger partial charge in [-0.2, -0.15) is 13.2 Å². The number of nitrogens with one attached hydrogen (secondary N) is 2. The zero-order valence-electron chi connectivity index (χ0n) is 27.3. The number of carbonyl (C=O) groups is 3. The van der Waals surface area contributed by atoms with Crippen molar-refractivity contribution in [2.45, 2.75) is 62.9 Å². The van der Waals surface area contributed by atoms with Crippen LogP contribution in [0.2, 0.25) is 5.02 Å². The maximum Gasteiger partial charge on any atom is 0.418 e. The Kier molecular flexibility index (Phi) is 10.8. The molecule has 266 valence electrons. The number of para-hydroxylation sites is 1. The molecule has 4 amide bonds. The van der Waals surface area contributed by atoms with E-state index >= 15 is 0 Å². The van der Waals surface area contributed by atoms with Crippen LogP contribution in [0, 0.1) is 0 Å². The van der Waals surface area contributed by atoms with Gasteiger partial charge in [-0.3, -0.25) is 9.69 Å². The van der Waals surface area contributed by atoms with Gasteiger partial charge in [0, 0.05) is 70.0 Å². The Morgan fingerprint density at radius 1 is 0.939 bits per heavy atom. The third-order valence-electron chi connectivity index (χ3n) is 10.2. The summed E-state index contributed by atoms with van der Waals surface area (Å²) in [4.78, 5) is 47.8. The minimum atomic E-state index is -4.76. The lowest BCUT2D eigenvalue weighted by Crippen LogP contribution is -2.56. The molecule has 4 N–H and O–H groups in total. The minimum Gasteiger partial charge on any atom is -0.436 e. The highest BCUT2D eigenvalue weighted by molar-refractivity contribution is 6.33. The van der Waals surface area contributed by atoms with Crippen molar-refractivity contribution in [1.29, 1.82) is 0 Å². The Hall–Kier alpha value is -3.75. The number of halogens is 4. The molecule has 0 aliphatic carbocycles. The summed E-state index contributed by atoms with van der Waals surface area (Å²) in [6, 6.07) is 9.99. The van der Waals surface area contributed by atoms with Gasteiger partial charge in [0.05, 0.1) is 16.3 Å². The number of benzene rings is 2. The van der Waals surface area contributed by atoms with Crippen LogP contribution in [-0.2, 0) is 28.5 Å². The fraction of sp³-hybridized carbons (Fsp3) is 0.559. The summed E-state index contributed by atoms with van der Waals surface area (Å²) in [5.41, 5.74) is 5.88. The standard InChI is InChI=1S/C34H43ClF3N7O4/c35-27-20-22(19-26(30(27)39)34(36,37)38)21-29(31(46)43-17-15-42(16-18-43)24-5-10-40-11-6-24)49-33(48)44-12-8-25(9-13-44)45-14-7-23-3-1-2-4-28(23)41-32(45)47/h1-4,19-20,24-25,29,40H,5-18,21,39H2,(H,41,47). The van der Waals surface area contributed by atoms with Crippen molar-refractivity contribution < 1.29 is 32.3 Å². The lowest BCUT2D eigenvalue weighted by Gasteiger charge is -2.41. The average Bonchev–Trinajstić information content (AvgIpc) is 3.27. The Morgan fingerprint density at radius 2 is 1.63 bits per heavy atom. The van der Waals surface area contributed by atoms with Crippen LogP contribution in [0.15, 0.2) is 36.4 Å². The van der Waals surface area contributed by atoms with Gasteiger partial charge >= 0.3 is 18.3 Å². The van der Waals surface area contributed by atoms with Crippen molar-refractivity contribution in [1.82, 2.24) is 24.9 Å². The maximum atomic E-state index is 13.9. The molecule has 1 atom stereocenters. The fourth-order valence-electron chi connectivity index (χ4n) is 7.40.